The number of hydrogen-bond acceptors (Lipinski definition) is 5. The first-order chi connectivity index (χ1) is 11.4. The van der Waals surface area contributed by atoms with E-state index in [4.69, 9.17) is 16.3 Å². The average molecular weight is 345 g/mol. The fraction of sp³-hybridized carbons (Fsp3) is 0.294. The van der Waals surface area contributed by atoms with Crippen molar-refractivity contribution in [3.63, 3.8) is 0 Å². The average Bonchev–Trinajstić information content (AvgIpc) is 2.96. The lowest BCUT2D eigenvalue weighted by molar-refractivity contribution is 0.0468. The van der Waals surface area contributed by atoms with Crippen molar-refractivity contribution >= 4 is 28.7 Å². The number of rotatable bonds is 3. The number of carbonyl (C=O) groups is 1. The first-order valence-electron chi connectivity index (χ1n) is 7.48. The molecule has 2 heterocycles. The molecule has 0 fully saturated rings. The van der Waals surface area contributed by atoms with E-state index in [-0.39, 0.29) is 23.1 Å². The zero-order valence-corrected chi connectivity index (χ0v) is 14.4. The number of fused-ring (bicyclic) bond motifs is 1. The molecule has 2 aromatic heterocycles. The third-order valence-electron chi connectivity index (χ3n) is 3.50. The lowest BCUT2D eigenvalue weighted by atomic mass is 10.1. The summed E-state index contributed by atoms with van der Waals surface area (Å²) in [5.41, 5.74) is 1.60. The molecule has 0 amide bonds. The van der Waals surface area contributed by atoms with Crippen LogP contribution < -0.4 is 0 Å². The molecule has 24 heavy (non-hydrogen) atoms. The topological polar surface area (TPSA) is 69.9 Å². The summed E-state index contributed by atoms with van der Waals surface area (Å²) in [4.78, 5) is 24.9. The molecule has 1 aromatic carbocycles. The van der Waals surface area contributed by atoms with Crippen LogP contribution in [-0.4, -0.2) is 25.5 Å². The molecule has 0 aliphatic carbocycles. The van der Waals surface area contributed by atoms with E-state index in [0.717, 1.165) is 5.56 Å². The Morgan fingerprint density at radius 1 is 1.21 bits per heavy atom. The summed E-state index contributed by atoms with van der Waals surface area (Å²) in [5.74, 6) is -0.577. The molecule has 0 atom stereocenters. The van der Waals surface area contributed by atoms with Crippen molar-refractivity contribution < 1.29 is 9.53 Å². The van der Waals surface area contributed by atoms with Crippen molar-refractivity contribution in [2.45, 2.75) is 32.9 Å². The molecule has 3 rings (SSSR count). The molecule has 0 N–H and O–H groups in total. The fourth-order valence-electron chi connectivity index (χ4n) is 2.30. The van der Waals surface area contributed by atoms with E-state index in [1.165, 1.54) is 0 Å². The summed E-state index contributed by atoms with van der Waals surface area (Å²) in [6.07, 6.45) is 1.63. The molecule has 0 saturated carbocycles. The fourth-order valence-corrected chi connectivity index (χ4v) is 2.46. The van der Waals surface area contributed by atoms with E-state index in [1.807, 2.05) is 55.7 Å². The molecule has 3 aromatic rings. The van der Waals surface area contributed by atoms with Gasteiger partial charge in [0, 0.05) is 5.54 Å². The molecule has 0 aliphatic rings. The Morgan fingerprint density at radius 3 is 2.58 bits per heavy atom. The number of ether oxygens (including phenoxy) is 1. The zero-order valence-electron chi connectivity index (χ0n) is 13.7. The molecule has 0 saturated heterocycles. The highest BCUT2D eigenvalue weighted by Gasteiger charge is 2.23. The van der Waals surface area contributed by atoms with Crippen molar-refractivity contribution in [3.8, 4) is 0 Å². The van der Waals surface area contributed by atoms with Crippen LogP contribution in [0.5, 0.6) is 0 Å². The van der Waals surface area contributed by atoms with Gasteiger partial charge >= 0.3 is 5.97 Å². The molecule has 0 bridgehead atoms. The van der Waals surface area contributed by atoms with Gasteiger partial charge < -0.3 is 9.30 Å². The third kappa shape index (κ3) is 3.23. The highest BCUT2D eigenvalue weighted by atomic mass is 35.5. The van der Waals surface area contributed by atoms with Crippen LogP contribution >= 0.6 is 11.6 Å². The largest absolute Gasteiger partial charge is 0.456 e. The first-order valence-corrected chi connectivity index (χ1v) is 7.86. The Morgan fingerprint density at radius 2 is 1.92 bits per heavy atom. The number of halogens is 1. The van der Waals surface area contributed by atoms with Gasteiger partial charge in [-0.15, -0.1) is 0 Å². The van der Waals surface area contributed by atoms with Gasteiger partial charge in [0.1, 0.15) is 12.1 Å². The molecule has 0 unspecified atom stereocenters. The van der Waals surface area contributed by atoms with E-state index >= 15 is 0 Å². The predicted octanol–water partition coefficient (Wildman–Crippen LogP) is 3.59. The summed E-state index contributed by atoms with van der Waals surface area (Å²) in [6, 6.07) is 9.42. The Labute approximate surface area is 144 Å². The molecular weight excluding hydrogens is 328 g/mol. The van der Waals surface area contributed by atoms with Gasteiger partial charge in [-0.2, -0.15) is 4.98 Å². The van der Waals surface area contributed by atoms with Gasteiger partial charge in [0.2, 0.25) is 5.28 Å². The minimum absolute atomic E-state index is 0.0137. The zero-order chi connectivity index (χ0) is 17.3. The Kier molecular flexibility index (Phi) is 4.24. The number of carbonyl (C=O) groups excluding carboxylic acids is 1. The van der Waals surface area contributed by atoms with E-state index in [9.17, 15) is 4.79 Å². The van der Waals surface area contributed by atoms with Crippen molar-refractivity contribution in [3.05, 3.63) is 53.2 Å². The highest BCUT2D eigenvalue weighted by molar-refractivity contribution is 6.28. The van der Waals surface area contributed by atoms with Crippen molar-refractivity contribution in [2.75, 3.05) is 0 Å². The summed E-state index contributed by atoms with van der Waals surface area (Å²) < 4.78 is 7.19. The molecule has 0 aliphatic heterocycles. The van der Waals surface area contributed by atoms with Crippen molar-refractivity contribution in [1.29, 1.82) is 0 Å². The van der Waals surface area contributed by atoms with Crippen LogP contribution in [0.4, 0.5) is 0 Å². The second kappa shape index (κ2) is 6.20. The SMILES string of the molecule is CC(C)(C)n1cnc2c(C(=O)OCc3ccccc3)nc(Cl)nc21. The molecule has 124 valence electrons. The summed E-state index contributed by atoms with van der Waals surface area (Å²) in [7, 11) is 0. The van der Waals surface area contributed by atoms with Gasteiger partial charge in [-0.25, -0.2) is 14.8 Å². The highest BCUT2D eigenvalue weighted by Crippen LogP contribution is 2.23. The van der Waals surface area contributed by atoms with Gasteiger partial charge in [0.25, 0.3) is 0 Å². The number of nitrogens with zero attached hydrogens (tertiary/aromatic N) is 4. The monoisotopic (exact) mass is 344 g/mol. The Balaban J connectivity index is 1.94. The van der Waals surface area contributed by atoms with Crippen LogP contribution in [0.2, 0.25) is 5.28 Å². The van der Waals surface area contributed by atoms with Gasteiger partial charge in [0.05, 0.1) is 6.33 Å². The van der Waals surface area contributed by atoms with Crippen LogP contribution in [-0.2, 0) is 16.9 Å². The number of benzene rings is 1. The second-order valence-corrected chi connectivity index (χ2v) is 6.70. The molecule has 0 radical (unpaired) electrons. The van der Waals surface area contributed by atoms with Crippen LogP contribution in [0, 0.1) is 0 Å². The normalized spacial score (nSPS) is 11.7. The summed E-state index contributed by atoms with van der Waals surface area (Å²) in [6.45, 7) is 6.19. The van der Waals surface area contributed by atoms with Crippen LogP contribution in [0.1, 0.15) is 36.8 Å². The lowest BCUT2D eigenvalue weighted by Crippen LogP contribution is -2.21. The molecular formula is C17H17ClN4O2. The van der Waals surface area contributed by atoms with Gasteiger partial charge in [-0.1, -0.05) is 30.3 Å². The van der Waals surface area contributed by atoms with Crippen LogP contribution in [0.25, 0.3) is 11.2 Å². The third-order valence-corrected chi connectivity index (χ3v) is 3.67. The first kappa shape index (κ1) is 16.4. The lowest BCUT2D eigenvalue weighted by Gasteiger charge is -2.20. The maximum atomic E-state index is 12.4. The number of imidazole rings is 1. The smallest absolute Gasteiger partial charge is 0.359 e. The Hall–Kier alpha value is -2.47. The molecule has 6 nitrogen and oxygen atoms in total. The van der Waals surface area contributed by atoms with Crippen LogP contribution in [0.3, 0.4) is 0 Å². The maximum absolute atomic E-state index is 12.4. The van der Waals surface area contributed by atoms with Crippen LogP contribution in [0.15, 0.2) is 36.7 Å². The summed E-state index contributed by atoms with van der Waals surface area (Å²) >= 11 is 5.99. The predicted molar refractivity (Wildman–Crippen MR) is 90.9 cm³/mol. The minimum Gasteiger partial charge on any atom is -0.456 e. The number of aromatic nitrogens is 4. The van der Waals surface area contributed by atoms with Gasteiger partial charge in [-0.05, 0) is 37.9 Å². The van der Waals surface area contributed by atoms with E-state index < -0.39 is 5.97 Å². The quantitative estimate of drug-likeness (QED) is 0.536. The molecule has 0 spiro atoms. The van der Waals surface area contributed by atoms with Gasteiger partial charge in [-0.3, -0.25) is 0 Å². The van der Waals surface area contributed by atoms with E-state index in [0.29, 0.717) is 11.2 Å². The second-order valence-electron chi connectivity index (χ2n) is 6.36. The minimum atomic E-state index is -0.577. The number of hydrogen-bond donors (Lipinski definition) is 0. The van der Waals surface area contributed by atoms with Crippen molar-refractivity contribution in [1.82, 2.24) is 19.5 Å². The maximum Gasteiger partial charge on any atom is 0.359 e. The Bertz CT molecular complexity index is 885. The summed E-state index contributed by atoms with van der Waals surface area (Å²) in [5, 5.41) is -0.0137. The standard InChI is InChI=1S/C17H17ClN4O2/c1-17(2,3)22-10-19-12-13(20-16(18)21-14(12)22)15(23)24-9-11-7-5-4-6-8-11/h4-8,10H,9H2,1-3H3. The molecule has 7 heteroatoms. The van der Waals surface area contributed by atoms with Gasteiger partial charge in [0.15, 0.2) is 11.3 Å². The van der Waals surface area contributed by atoms with Crippen molar-refractivity contribution in [2.24, 2.45) is 0 Å². The number of esters is 1. The van der Waals surface area contributed by atoms with E-state index in [1.54, 1.807) is 6.33 Å². The van der Waals surface area contributed by atoms with E-state index in [2.05, 4.69) is 15.0 Å².